The number of anilines is 2. The van der Waals surface area contributed by atoms with Gasteiger partial charge in [0, 0.05) is 29.3 Å². The monoisotopic (exact) mass is 750 g/mol. The van der Waals surface area contributed by atoms with Crippen LogP contribution in [0.4, 0.5) is 10.3 Å². The third-order valence-corrected chi connectivity index (χ3v) is 7.73. The van der Waals surface area contributed by atoms with E-state index < -0.39 is 11.9 Å². The van der Waals surface area contributed by atoms with E-state index in [4.69, 9.17) is 35.9 Å². The predicted molar refractivity (Wildman–Crippen MR) is 191 cm³/mol. The first-order chi connectivity index (χ1) is 24.6. The number of nitrogens with zero attached hydrogens (tertiary/aromatic N) is 4. The molecule has 4 heterocycles. The Morgan fingerprint density at radius 3 is 1.71 bits per heavy atom. The number of hydrogen-bond acceptors (Lipinski definition) is 15. The van der Waals surface area contributed by atoms with Crippen molar-refractivity contribution in [3.05, 3.63) is 106 Å². The Labute approximate surface area is 304 Å². The lowest BCUT2D eigenvalue weighted by molar-refractivity contribution is -0.115. The minimum atomic E-state index is -0.552. The van der Waals surface area contributed by atoms with Crippen LogP contribution in [0.2, 0.25) is 0 Å². The Bertz CT molecular complexity index is 2030. The molecule has 0 aliphatic carbocycles. The summed E-state index contributed by atoms with van der Waals surface area (Å²) < 4.78 is 19.7. The molecule has 3 N–H and O–H groups in total. The van der Waals surface area contributed by atoms with Crippen molar-refractivity contribution in [3.8, 4) is 22.9 Å². The van der Waals surface area contributed by atoms with Crippen LogP contribution in [0.15, 0.2) is 92.6 Å². The van der Waals surface area contributed by atoms with Gasteiger partial charge >= 0.3 is 11.9 Å². The zero-order valence-electron chi connectivity index (χ0n) is 27.2. The Morgan fingerprint density at radius 1 is 0.745 bits per heavy atom. The van der Waals surface area contributed by atoms with Gasteiger partial charge in [-0.15, -0.1) is 22.7 Å². The van der Waals surface area contributed by atoms with E-state index in [0.29, 0.717) is 46.2 Å². The zero-order valence-corrected chi connectivity index (χ0v) is 29.6. The molecule has 17 heteroatoms. The van der Waals surface area contributed by atoms with Gasteiger partial charge in [-0.2, -0.15) is 0 Å². The second-order valence-electron chi connectivity index (χ2n) is 9.93. The van der Waals surface area contributed by atoms with Crippen LogP contribution in [0, 0.1) is 0 Å². The number of rotatable bonds is 11. The number of benzene rings is 2. The summed E-state index contributed by atoms with van der Waals surface area (Å²) in [6, 6.07) is 21.8. The average molecular weight is 751 g/mol. The third-order valence-electron chi connectivity index (χ3n) is 6.16. The number of carbonyl (C=O) groups is 4. The van der Waals surface area contributed by atoms with E-state index in [-0.39, 0.29) is 35.6 Å². The second kappa shape index (κ2) is 19.5. The third kappa shape index (κ3) is 12.3. The van der Waals surface area contributed by atoms with Crippen LogP contribution in [-0.2, 0) is 31.9 Å². The van der Waals surface area contributed by atoms with Gasteiger partial charge in [0.05, 0.1) is 19.6 Å². The molecule has 0 atom stereocenters. The van der Waals surface area contributed by atoms with Gasteiger partial charge in [0.2, 0.25) is 11.1 Å². The van der Waals surface area contributed by atoms with Crippen molar-refractivity contribution in [1.29, 1.82) is 0 Å². The summed E-state index contributed by atoms with van der Waals surface area (Å²) in [6.45, 7) is 3.99. The molecule has 0 radical (unpaired) electrons. The fourth-order valence-electron chi connectivity index (χ4n) is 3.94. The van der Waals surface area contributed by atoms with Crippen LogP contribution < -0.4 is 11.1 Å². The molecule has 6 aromatic rings. The number of amides is 1. The Balaban J connectivity index is 0.000000191. The van der Waals surface area contributed by atoms with Crippen molar-refractivity contribution >= 4 is 67.6 Å². The molecule has 0 saturated heterocycles. The second-order valence-corrected chi connectivity index (χ2v) is 12.1. The summed E-state index contributed by atoms with van der Waals surface area (Å²) >= 11 is 7.73. The van der Waals surface area contributed by atoms with E-state index in [1.165, 1.54) is 34.8 Å². The fourth-order valence-corrected chi connectivity index (χ4v) is 5.36. The number of hydrogen-bond donors (Lipinski definition) is 2. The van der Waals surface area contributed by atoms with Gasteiger partial charge in [-0.05, 0) is 36.6 Å². The molecule has 264 valence electrons. The minimum absolute atomic E-state index is 0.0829. The highest BCUT2D eigenvalue weighted by molar-refractivity contribution is 7.14. The number of nitrogen functional groups attached to an aromatic ring is 1. The van der Waals surface area contributed by atoms with Crippen molar-refractivity contribution in [1.82, 2.24) is 20.3 Å². The largest absolute Gasteiger partial charge is 0.461 e. The lowest BCUT2D eigenvalue weighted by Crippen LogP contribution is -2.14. The van der Waals surface area contributed by atoms with Gasteiger partial charge in [0.15, 0.2) is 33.2 Å². The lowest BCUT2D eigenvalue weighted by atomic mass is 10.1. The van der Waals surface area contributed by atoms with Crippen LogP contribution in [0.25, 0.3) is 22.9 Å². The molecule has 0 unspecified atom stereocenters. The fraction of sp³-hybridized carbons (Fsp3) is 0.176. The first kappa shape index (κ1) is 38.1. The number of ether oxygens (including phenoxy) is 2. The number of esters is 2. The first-order valence-corrected chi connectivity index (χ1v) is 17.3. The number of nitrogens with one attached hydrogen (secondary N) is 1. The van der Waals surface area contributed by atoms with Crippen molar-refractivity contribution < 1.29 is 37.7 Å². The number of halogens is 1. The molecule has 14 nitrogen and oxygen atoms in total. The molecular weight excluding hydrogens is 720 g/mol. The van der Waals surface area contributed by atoms with Gasteiger partial charge in [-0.1, -0.05) is 71.0 Å². The molecule has 4 aromatic heterocycles. The molecule has 0 spiro atoms. The van der Waals surface area contributed by atoms with Crippen LogP contribution in [0.1, 0.15) is 46.0 Å². The van der Waals surface area contributed by atoms with Crippen molar-refractivity contribution in [2.75, 3.05) is 24.3 Å². The maximum absolute atomic E-state index is 12.1. The van der Waals surface area contributed by atoms with E-state index in [0.717, 1.165) is 11.1 Å². The summed E-state index contributed by atoms with van der Waals surface area (Å²) in [4.78, 5) is 53.6. The topological polar surface area (TPSA) is 203 Å². The maximum Gasteiger partial charge on any atom is 0.360 e. The summed E-state index contributed by atoms with van der Waals surface area (Å²) in [5.74, 6) is -0.486. The van der Waals surface area contributed by atoms with Crippen molar-refractivity contribution in [3.63, 3.8) is 0 Å². The molecule has 0 bridgehead atoms. The van der Waals surface area contributed by atoms with Crippen LogP contribution >= 0.6 is 34.3 Å². The molecule has 1 amide bonds. The highest BCUT2D eigenvalue weighted by Gasteiger charge is 2.18. The molecule has 0 aliphatic heterocycles. The summed E-state index contributed by atoms with van der Waals surface area (Å²) in [5, 5.41) is 14.0. The molecular formula is C34H31ClN6O8S2. The van der Waals surface area contributed by atoms with Crippen LogP contribution in [0.3, 0.4) is 0 Å². The molecule has 51 heavy (non-hydrogen) atoms. The Hall–Kier alpha value is -5.71. The minimum Gasteiger partial charge on any atom is -0.461 e. The quantitative estimate of drug-likeness (QED) is 0.105. The summed E-state index contributed by atoms with van der Waals surface area (Å²) in [5.41, 5.74) is 8.63. The van der Waals surface area contributed by atoms with Gasteiger partial charge in [0.25, 0.3) is 0 Å². The molecule has 0 fully saturated rings. The standard InChI is InChI=1S/C17H15N3O4S.C9H9N3O3S.C8H7ClO/c1-2-23-16(22)12-9-14(24-20-12)13-10-25-17(18-13)19-15(21)8-11-6-4-3-5-7-11;1-2-14-8(13)5-3-7(15-12-5)6-4-16-9(10)11-6;9-8(10)6-7-4-2-1-3-5-7/h3-7,9-10H,2,8H2,1H3,(H,18,19,21);3-4H,2H2,1H3,(H2,10,11);1-5H,6H2. The molecule has 0 aliphatic rings. The molecule has 2 aromatic carbocycles. The van der Waals surface area contributed by atoms with Crippen molar-refractivity contribution in [2.45, 2.75) is 26.7 Å². The average Bonchev–Trinajstić information content (AvgIpc) is 3.94. The predicted octanol–water partition coefficient (Wildman–Crippen LogP) is 6.71. The smallest absolute Gasteiger partial charge is 0.360 e. The highest BCUT2D eigenvalue weighted by Crippen LogP contribution is 2.26. The van der Waals surface area contributed by atoms with Gasteiger partial charge in [-0.3, -0.25) is 9.59 Å². The normalized spacial score (nSPS) is 10.2. The lowest BCUT2D eigenvalue weighted by Gasteiger charge is -2.01. The van der Waals surface area contributed by atoms with E-state index in [1.807, 2.05) is 60.7 Å². The Morgan fingerprint density at radius 2 is 1.24 bits per heavy atom. The Kier molecular flexibility index (Phi) is 14.5. The van der Waals surface area contributed by atoms with Crippen LogP contribution in [0.5, 0.6) is 0 Å². The van der Waals surface area contributed by atoms with Gasteiger partial charge < -0.3 is 29.6 Å². The first-order valence-electron chi connectivity index (χ1n) is 15.2. The summed E-state index contributed by atoms with van der Waals surface area (Å²) in [7, 11) is 0. The highest BCUT2D eigenvalue weighted by atomic mass is 35.5. The van der Waals surface area contributed by atoms with E-state index in [1.54, 1.807) is 24.6 Å². The number of carbonyl (C=O) groups excluding carboxylic acids is 4. The van der Waals surface area contributed by atoms with E-state index >= 15 is 0 Å². The zero-order chi connectivity index (χ0) is 36.6. The number of thiazole rings is 2. The van der Waals surface area contributed by atoms with Gasteiger partial charge in [-0.25, -0.2) is 19.6 Å². The SMILES string of the molecule is CCOC(=O)c1cc(-c2csc(N)n2)on1.CCOC(=O)c1cc(-c2csc(NC(=O)Cc3ccccc3)n2)on1.O=C(Cl)Cc1ccccc1. The number of nitrogens with two attached hydrogens (primary N) is 1. The van der Waals surface area contributed by atoms with Gasteiger partial charge in [0.1, 0.15) is 11.4 Å². The maximum atomic E-state index is 12.1. The molecule has 6 rings (SSSR count). The number of aromatic nitrogens is 4. The summed E-state index contributed by atoms with van der Waals surface area (Å²) in [6.07, 6.45) is 0.591. The van der Waals surface area contributed by atoms with Crippen LogP contribution in [-0.4, -0.2) is 56.6 Å². The van der Waals surface area contributed by atoms with Crippen molar-refractivity contribution in [2.24, 2.45) is 0 Å². The molecule has 0 saturated carbocycles. The van der Waals surface area contributed by atoms with E-state index in [2.05, 4.69) is 25.6 Å². The van der Waals surface area contributed by atoms with E-state index in [9.17, 15) is 19.2 Å².